The van der Waals surface area contributed by atoms with Crippen LogP contribution in [-0.2, 0) is 39.8 Å². The number of tetrazole rings is 1. The normalized spacial score (nSPS) is 17.2. The van der Waals surface area contributed by atoms with Crippen LogP contribution < -0.4 is 15.1 Å². The van der Waals surface area contributed by atoms with Gasteiger partial charge in [-0.15, -0.1) is 5.10 Å². The fraction of sp³-hybridized carbons (Fsp3) is 0.426. The topological polar surface area (TPSA) is 204 Å². The molecule has 0 spiro atoms. The average Bonchev–Trinajstić information content (AvgIpc) is 3.95. The van der Waals surface area contributed by atoms with Crippen molar-refractivity contribution in [3.05, 3.63) is 89.3 Å². The van der Waals surface area contributed by atoms with Gasteiger partial charge in [0.05, 0.1) is 23.4 Å². The zero-order valence-electron chi connectivity index (χ0n) is 38.2. The Morgan fingerprint density at radius 1 is 0.821 bits per heavy atom. The molecule has 1 N–H and O–H groups in total. The van der Waals surface area contributed by atoms with Crippen molar-refractivity contribution in [1.29, 1.82) is 0 Å². The van der Waals surface area contributed by atoms with E-state index >= 15 is 0 Å². The molecule has 352 valence electrons. The van der Waals surface area contributed by atoms with Crippen LogP contribution in [0.3, 0.4) is 0 Å². The Balaban J connectivity index is 1.08. The van der Waals surface area contributed by atoms with Gasteiger partial charge in [0.2, 0.25) is 11.8 Å². The smallest absolute Gasteiger partial charge is 0.419 e. The second-order valence-corrected chi connectivity index (χ2v) is 19.1. The van der Waals surface area contributed by atoms with E-state index in [4.69, 9.17) is 25.8 Å². The minimum absolute atomic E-state index is 0.00229. The molecule has 3 aliphatic heterocycles. The van der Waals surface area contributed by atoms with E-state index in [1.165, 1.54) is 26.9 Å². The van der Waals surface area contributed by atoms with Gasteiger partial charge in [-0.3, -0.25) is 24.1 Å². The van der Waals surface area contributed by atoms with Gasteiger partial charge in [0.1, 0.15) is 29.3 Å². The number of hydrogen-bond donors (Lipinski definition) is 1. The number of anilines is 3. The molecular weight excluding hydrogens is 884 g/mol. The number of aromatic nitrogens is 5. The molecular formula is C47H53ClN10O9. The first-order valence-electron chi connectivity index (χ1n) is 22.1. The first-order valence-corrected chi connectivity index (χ1v) is 22.5. The lowest BCUT2D eigenvalue weighted by Gasteiger charge is -2.40. The standard InChI is InChI=1S/C47H53ClN10O9/c1-46(2,3)66-44(63)39-25-30-24-32(10-14-35(30)58(39)45(64)67-47(4,5)6)50-41(60)38(23-29-7-11-34(12-8-29)54-18-17-53(27-40(54)59)33-15-21-65-22-16-33)56-20-19-55(42(61)43(56)62)37-26-31(48)9-13-36(37)57-28-49-51-52-57/h7-14,24-26,28,33,38H,15-23,27H2,1-6H3,(H,50,60). The van der Waals surface area contributed by atoms with Crippen LogP contribution in [-0.4, -0.2) is 139 Å². The molecule has 1 atom stereocenters. The molecule has 3 aromatic carbocycles. The molecule has 4 amide bonds. The van der Waals surface area contributed by atoms with Gasteiger partial charge in [-0.05, 0) is 125 Å². The third-order valence-electron chi connectivity index (χ3n) is 11.6. The summed E-state index contributed by atoms with van der Waals surface area (Å²) in [6, 6.07) is 17.4. The molecule has 3 aliphatic rings. The highest BCUT2D eigenvalue weighted by atomic mass is 35.5. The summed E-state index contributed by atoms with van der Waals surface area (Å²) in [5, 5.41) is 15.0. The molecule has 5 aromatic rings. The van der Waals surface area contributed by atoms with Gasteiger partial charge in [-0.1, -0.05) is 23.7 Å². The highest BCUT2D eigenvalue weighted by Crippen LogP contribution is 2.32. The van der Waals surface area contributed by atoms with E-state index in [2.05, 4.69) is 25.7 Å². The molecule has 8 rings (SSSR count). The Labute approximate surface area is 391 Å². The minimum atomic E-state index is -1.20. The fourth-order valence-corrected chi connectivity index (χ4v) is 8.73. The molecule has 2 aromatic heterocycles. The molecule has 0 saturated carbocycles. The Kier molecular flexibility index (Phi) is 13.2. The number of halogens is 1. The van der Waals surface area contributed by atoms with Crippen molar-refractivity contribution >= 4 is 75.3 Å². The maximum absolute atomic E-state index is 14.6. The van der Waals surface area contributed by atoms with E-state index < -0.39 is 47.0 Å². The Bertz CT molecular complexity index is 2700. The number of carbonyl (C=O) groups is 6. The van der Waals surface area contributed by atoms with Gasteiger partial charge < -0.3 is 34.2 Å². The number of carbonyl (C=O) groups excluding carboxylic acids is 6. The lowest BCUT2D eigenvalue weighted by atomic mass is 10.0. The number of esters is 1. The number of ether oxygens (including phenoxy) is 3. The van der Waals surface area contributed by atoms with Crippen LogP contribution in [0.4, 0.5) is 21.9 Å². The molecule has 19 nitrogen and oxygen atoms in total. The van der Waals surface area contributed by atoms with E-state index in [-0.39, 0.29) is 36.8 Å². The summed E-state index contributed by atoms with van der Waals surface area (Å²) in [7, 11) is 0. The maximum atomic E-state index is 14.6. The number of hydrogen-bond acceptors (Lipinski definition) is 13. The quantitative estimate of drug-likeness (QED) is 0.140. The van der Waals surface area contributed by atoms with Crippen LogP contribution >= 0.6 is 11.6 Å². The van der Waals surface area contributed by atoms with Gasteiger partial charge in [0.15, 0.2) is 0 Å². The van der Waals surface area contributed by atoms with Crippen LogP contribution in [0.25, 0.3) is 16.6 Å². The number of rotatable bonds is 10. The molecule has 0 aliphatic carbocycles. The van der Waals surface area contributed by atoms with Crippen molar-refractivity contribution in [1.82, 2.24) is 34.6 Å². The summed E-state index contributed by atoms with van der Waals surface area (Å²) in [5.74, 6) is -3.18. The fourth-order valence-electron chi connectivity index (χ4n) is 8.56. The third-order valence-corrected chi connectivity index (χ3v) is 11.9. The summed E-state index contributed by atoms with van der Waals surface area (Å²) in [6.07, 6.45) is 2.36. The molecule has 20 heteroatoms. The Hall–Kier alpha value is -6.70. The summed E-state index contributed by atoms with van der Waals surface area (Å²) >= 11 is 6.38. The number of piperazine rings is 2. The molecule has 1 unspecified atom stereocenters. The Morgan fingerprint density at radius 3 is 2.21 bits per heavy atom. The summed E-state index contributed by atoms with van der Waals surface area (Å²) < 4.78 is 19.3. The van der Waals surface area contributed by atoms with Crippen LogP contribution in [0.5, 0.6) is 0 Å². The van der Waals surface area contributed by atoms with E-state index in [1.807, 2.05) is 24.3 Å². The number of nitrogens with one attached hydrogen (secondary N) is 1. The highest BCUT2D eigenvalue weighted by molar-refractivity contribution is 6.41. The lowest BCUT2D eigenvalue weighted by molar-refractivity contribution is -0.149. The number of amides is 4. The third kappa shape index (κ3) is 10.5. The zero-order chi connectivity index (χ0) is 47.8. The number of benzene rings is 3. The van der Waals surface area contributed by atoms with Crippen molar-refractivity contribution in [2.24, 2.45) is 0 Å². The van der Waals surface area contributed by atoms with Crippen LogP contribution in [0.15, 0.2) is 73.1 Å². The largest absolute Gasteiger partial charge is 0.455 e. The second kappa shape index (κ2) is 18.9. The van der Waals surface area contributed by atoms with Gasteiger partial charge in [-0.25, -0.2) is 14.2 Å². The van der Waals surface area contributed by atoms with Crippen molar-refractivity contribution in [2.75, 3.05) is 61.1 Å². The molecule has 0 bridgehead atoms. The van der Waals surface area contributed by atoms with Crippen molar-refractivity contribution in [3.8, 4) is 5.69 Å². The van der Waals surface area contributed by atoms with E-state index in [9.17, 15) is 28.8 Å². The first kappa shape index (κ1) is 46.8. The summed E-state index contributed by atoms with van der Waals surface area (Å²) in [6.45, 7) is 13.2. The monoisotopic (exact) mass is 936 g/mol. The van der Waals surface area contributed by atoms with Crippen LogP contribution in [0.2, 0.25) is 5.02 Å². The van der Waals surface area contributed by atoms with E-state index in [0.29, 0.717) is 70.9 Å². The highest BCUT2D eigenvalue weighted by Gasteiger charge is 2.41. The minimum Gasteiger partial charge on any atom is -0.455 e. The van der Waals surface area contributed by atoms with Gasteiger partial charge in [-0.2, -0.15) is 4.68 Å². The van der Waals surface area contributed by atoms with Crippen molar-refractivity contribution < 1.29 is 43.0 Å². The predicted molar refractivity (Wildman–Crippen MR) is 247 cm³/mol. The number of fused-ring (bicyclic) bond motifs is 1. The molecule has 5 heterocycles. The van der Waals surface area contributed by atoms with E-state index in [0.717, 1.165) is 24.0 Å². The molecule has 3 fully saturated rings. The average molecular weight is 937 g/mol. The summed E-state index contributed by atoms with van der Waals surface area (Å²) in [4.78, 5) is 90.0. The van der Waals surface area contributed by atoms with Crippen LogP contribution in [0, 0.1) is 0 Å². The molecule has 0 radical (unpaired) electrons. The maximum Gasteiger partial charge on any atom is 0.419 e. The van der Waals surface area contributed by atoms with Gasteiger partial charge >= 0.3 is 23.9 Å². The van der Waals surface area contributed by atoms with Crippen molar-refractivity contribution in [2.45, 2.75) is 84.1 Å². The van der Waals surface area contributed by atoms with Crippen molar-refractivity contribution in [3.63, 3.8) is 0 Å². The molecule has 3 saturated heterocycles. The number of nitrogens with zero attached hydrogens (tertiary/aromatic N) is 9. The lowest BCUT2D eigenvalue weighted by Crippen LogP contribution is -2.60. The Morgan fingerprint density at radius 2 is 1.54 bits per heavy atom. The van der Waals surface area contributed by atoms with Gasteiger partial charge in [0, 0.05) is 73.6 Å². The predicted octanol–water partition coefficient (Wildman–Crippen LogP) is 5.26. The van der Waals surface area contributed by atoms with Crippen LogP contribution in [0.1, 0.15) is 70.4 Å². The first-order chi connectivity index (χ1) is 31.8. The zero-order valence-corrected chi connectivity index (χ0v) is 39.0. The summed E-state index contributed by atoms with van der Waals surface area (Å²) in [5.41, 5.74) is 0.881. The molecule has 67 heavy (non-hydrogen) atoms. The van der Waals surface area contributed by atoms with Gasteiger partial charge in [0.25, 0.3) is 0 Å². The van der Waals surface area contributed by atoms with E-state index in [1.54, 1.807) is 82.8 Å². The SMILES string of the molecule is CC(C)(C)OC(=O)c1cc2cc(NC(=O)C(Cc3ccc(N4CCN(C5CCOCC5)CC4=O)cc3)N3CCN(c4cc(Cl)ccc4-n4cnnn4)C(=O)C3=O)ccc2n1C(=O)OC(C)(C)C. The second-order valence-electron chi connectivity index (χ2n) is 18.7.